The van der Waals surface area contributed by atoms with Crippen LogP contribution in [0.4, 0.5) is 5.88 Å². The highest BCUT2D eigenvalue weighted by Crippen LogP contribution is 2.34. The van der Waals surface area contributed by atoms with Gasteiger partial charge in [-0.15, -0.1) is 4.99 Å². The van der Waals surface area contributed by atoms with Crippen molar-refractivity contribution >= 4 is 23.6 Å². The summed E-state index contributed by atoms with van der Waals surface area (Å²) in [6.45, 7) is 0. The number of hydrogen-bond donors (Lipinski definition) is 0. The quantitative estimate of drug-likeness (QED) is 0.578. The van der Waals surface area contributed by atoms with E-state index in [1.54, 1.807) is 0 Å². The predicted octanol–water partition coefficient (Wildman–Crippen LogP) is 2.96. The van der Waals surface area contributed by atoms with Gasteiger partial charge in [-0.1, -0.05) is 47.1 Å². The van der Waals surface area contributed by atoms with Gasteiger partial charge >= 0.3 is 0 Å². The second-order valence-electron chi connectivity index (χ2n) is 2.72. The molecule has 15 heavy (non-hydrogen) atoms. The number of nitrogens with zero attached hydrogens (tertiary/aromatic N) is 2. The predicted molar refractivity (Wildman–Crippen MR) is 54.7 cm³/mol. The Morgan fingerprint density at radius 3 is 2.73 bits per heavy atom. The van der Waals surface area contributed by atoms with Gasteiger partial charge in [0.15, 0.2) is 0 Å². The molecule has 0 saturated carbocycles. The molecule has 1 aromatic carbocycles. The van der Waals surface area contributed by atoms with Crippen LogP contribution < -0.4 is 0 Å². The summed E-state index contributed by atoms with van der Waals surface area (Å²) in [5.74, 6) is -0.0227. The Labute approximate surface area is 90.2 Å². The molecule has 0 aliphatic heterocycles. The molecule has 4 nitrogen and oxygen atoms in total. The van der Waals surface area contributed by atoms with Crippen LogP contribution in [0.1, 0.15) is 0 Å². The second kappa shape index (κ2) is 4.09. The van der Waals surface area contributed by atoms with Crippen LogP contribution in [-0.4, -0.2) is 11.2 Å². The lowest BCUT2D eigenvalue weighted by Gasteiger charge is -1.93. The zero-order valence-corrected chi connectivity index (χ0v) is 8.23. The van der Waals surface area contributed by atoms with E-state index in [4.69, 9.17) is 16.1 Å². The maximum absolute atomic E-state index is 10.0. The zero-order chi connectivity index (χ0) is 10.7. The van der Waals surface area contributed by atoms with Gasteiger partial charge in [0.1, 0.15) is 10.7 Å². The van der Waals surface area contributed by atoms with E-state index in [2.05, 4.69) is 10.1 Å². The van der Waals surface area contributed by atoms with Crippen molar-refractivity contribution in [3.8, 4) is 11.3 Å². The first kappa shape index (κ1) is 9.65. The second-order valence-corrected chi connectivity index (χ2v) is 3.10. The molecule has 1 aromatic heterocycles. The molecule has 2 rings (SSSR count). The van der Waals surface area contributed by atoms with Gasteiger partial charge < -0.3 is 4.52 Å². The number of aliphatic imine (C=N–C) groups is 1. The molecule has 0 amide bonds. The van der Waals surface area contributed by atoms with Crippen LogP contribution in [0, 0.1) is 0 Å². The maximum atomic E-state index is 10.0. The van der Waals surface area contributed by atoms with Gasteiger partial charge in [-0.25, -0.2) is 4.79 Å². The van der Waals surface area contributed by atoms with Crippen LogP contribution >= 0.6 is 11.6 Å². The number of isocyanates is 1. The topological polar surface area (TPSA) is 55.5 Å². The SMILES string of the molecule is O=C=Nc1onc(-c2ccccc2)c1Cl. The first-order valence-electron chi connectivity index (χ1n) is 4.11. The highest BCUT2D eigenvalue weighted by molar-refractivity contribution is 6.35. The van der Waals surface area contributed by atoms with Gasteiger partial charge in [-0.2, -0.15) is 0 Å². The lowest BCUT2D eigenvalue weighted by atomic mass is 10.1. The summed E-state index contributed by atoms with van der Waals surface area (Å²) in [7, 11) is 0. The van der Waals surface area contributed by atoms with E-state index in [9.17, 15) is 4.79 Å². The Hall–Kier alpha value is -1.90. The van der Waals surface area contributed by atoms with Crippen molar-refractivity contribution in [2.75, 3.05) is 0 Å². The monoisotopic (exact) mass is 220 g/mol. The van der Waals surface area contributed by atoms with Crippen molar-refractivity contribution in [2.24, 2.45) is 4.99 Å². The summed E-state index contributed by atoms with van der Waals surface area (Å²) in [6, 6.07) is 9.24. The van der Waals surface area contributed by atoms with Crippen LogP contribution in [0.2, 0.25) is 5.02 Å². The van der Waals surface area contributed by atoms with Crippen LogP contribution in [0.25, 0.3) is 11.3 Å². The Balaban J connectivity index is 2.51. The molecule has 1 heterocycles. The fraction of sp³-hybridized carbons (Fsp3) is 0. The van der Waals surface area contributed by atoms with Gasteiger partial charge in [0.25, 0.3) is 5.88 Å². The molecule has 0 fully saturated rings. The van der Waals surface area contributed by atoms with E-state index in [0.29, 0.717) is 5.69 Å². The Kier molecular flexibility index (Phi) is 2.63. The van der Waals surface area contributed by atoms with Gasteiger partial charge in [0.05, 0.1) is 0 Å². The summed E-state index contributed by atoms with van der Waals surface area (Å²) < 4.78 is 4.78. The van der Waals surface area contributed by atoms with E-state index in [1.807, 2.05) is 30.3 Å². The number of aromatic nitrogens is 1. The third kappa shape index (κ3) is 1.81. The molecule has 0 atom stereocenters. The Bertz CT molecular complexity index is 515. The van der Waals surface area contributed by atoms with Gasteiger partial charge in [0.2, 0.25) is 6.08 Å². The molecule has 0 saturated heterocycles. The fourth-order valence-electron chi connectivity index (χ4n) is 1.16. The van der Waals surface area contributed by atoms with Crippen LogP contribution in [0.3, 0.4) is 0 Å². The molecule has 0 N–H and O–H groups in total. The molecule has 0 aliphatic carbocycles. The summed E-state index contributed by atoms with van der Waals surface area (Å²) in [5, 5.41) is 3.94. The van der Waals surface area contributed by atoms with Gasteiger partial charge in [-0.05, 0) is 0 Å². The summed E-state index contributed by atoms with van der Waals surface area (Å²) >= 11 is 5.91. The molecule has 0 spiro atoms. The third-order valence-corrected chi connectivity index (χ3v) is 2.15. The van der Waals surface area contributed by atoms with Gasteiger partial charge in [0, 0.05) is 5.56 Å². The molecule has 0 unspecified atom stereocenters. The molecule has 2 aromatic rings. The largest absolute Gasteiger partial charge is 0.333 e. The molecule has 0 aliphatic rings. The highest BCUT2D eigenvalue weighted by Gasteiger charge is 2.14. The minimum atomic E-state index is -0.0227. The minimum absolute atomic E-state index is 0.0227. The maximum Gasteiger partial charge on any atom is 0.280 e. The molecule has 74 valence electrons. The third-order valence-electron chi connectivity index (χ3n) is 1.81. The molecule has 0 bridgehead atoms. The first-order chi connectivity index (χ1) is 7.33. The van der Waals surface area contributed by atoms with Crippen molar-refractivity contribution in [3.63, 3.8) is 0 Å². The number of halogens is 1. The van der Waals surface area contributed by atoms with Crippen molar-refractivity contribution in [3.05, 3.63) is 35.4 Å². The first-order valence-corrected chi connectivity index (χ1v) is 4.49. The van der Waals surface area contributed by atoms with E-state index >= 15 is 0 Å². The summed E-state index contributed by atoms with van der Waals surface area (Å²) in [6.07, 6.45) is 1.35. The average molecular weight is 221 g/mol. The highest BCUT2D eigenvalue weighted by atomic mass is 35.5. The van der Waals surface area contributed by atoms with Crippen molar-refractivity contribution in [1.82, 2.24) is 5.16 Å². The smallest absolute Gasteiger partial charge is 0.280 e. The van der Waals surface area contributed by atoms with E-state index in [1.165, 1.54) is 6.08 Å². The number of benzene rings is 1. The number of hydrogen-bond acceptors (Lipinski definition) is 4. The molecule has 0 radical (unpaired) electrons. The van der Waals surface area contributed by atoms with Crippen LogP contribution in [0.5, 0.6) is 0 Å². The lowest BCUT2D eigenvalue weighted by molar-refractivity contribution is 0.432. The van der Waals surface area contributed by atoms with Crippen LogP contribution in [-0.2, 0) is 4.79 Å². The van der Waals surface area contributed by atoms with Gasteiger partial charge in [-0.3, -0.25) is 0 Å². The standard InChI is InChI=1S/C10H5ClN2O2/c11-8-9(7-4-2-1-3-5-7)13-15-10(8)12-6-14/h1-5H. The van der Waals surface area contributed by atoms with E-state index < -0.39 is 0 Å². The summed E-state index contributed by atoms with van der Waals surface area (Å²) in [4.78, 5) is 13.3. The van der Waals surface area contributed by atoms with E-state index in [-0.39, 0.29) is 10.9 Å². The van der Waals surface area contributed by atoms with E-state index in [0.717, 1.165) is 5.56 Å². The average Bonchev–Trinajstić information content (AvgIpc) is 2.63. The Morgan fingerprint density at radius 1 is 1.33 bits per heavy atom. The van der Waals surface area contributed by atoms with Crippen molar-refractivity contribution < 1.29 is 9.32 Å². The summed E-state index contributed by atoms with van der Waals surface area (Å²) in [5.41, 5.74) is 1.27. The van der Waals surface area contributed by atoms with Crippen molar-refractivity contribution in [2.45, 2.75) is 0 Å². The lowest BCUT2D eigenvalue weighted by Crippen LogP contribution is -1.75. The van der Waals surface area contributed by atoms with Crippen LogP contribution in [0.15, 0.2) is 39.8 Å². The zero-order valence-electron chi connectivity index (χ0n) is 7.48. The molecule has 5 heteroatoms. The van der Waals surface area contributed by atoms with Crippen molar-refractivity contribution in [1.29, 1.82) is 0 Å². The number of carbonyl (C=O) groups excluding carboxylic acids is 1. The molecular formula is C10H5ClN2O2. The minimum Gasteiger partial charge on any atom is -0.333 e. The Morgan fingerprint density at radius 2 is 2.07 bits per heavy atom. The fourth-order valence-corrected chi connectivity index (χ4v) is 1.38. The number of rotatable bonds is 2. The molecular weight excluding hydrogens is 216 g/mol. The normalized spacial score (nSPS) is 9.67.